The highest BCUT2D eigenvalue weighted by Crippen LogP contribution is 2.22. The lowest BCUT2D eigenvalue weighted by Crippen LogP contribution is -2.39. The van der Waals surface area contributed by atoms with Crippen LogP contribution in [0.25, 0.3) is 0 Å². The number of carboxylic acids is 2. The molecule has 130 valence electrons. The number of aryl methyl sites for hydroxylation is 2. The van der Waals surface area contributed by atoms with E-state index in [9.17, 15) is 9.59 Å². The number of hydrogen-bond acceptors (Lipinski definition) is 6. The molecular weight excluding hydrogens is 306 g/mol. The quantitative estimate of drug-likeness (QED) is 0.396. The lowest BCUT2D eigenvalue weighted by molar-refractivity contribution is -0.165. The van der Waals surface area contributed by atoms with E-state index < -0.39 is 24.1 Å². The first-order valence-electron chi connectivity index (χ1n) is 6.86. The second kappa shape index (κ2) is 9.90. The van der Waals surface area contributed by atoms with E-state index in [1.54, 1.807) is 0 Å². The molecule has 0 aliphatic rings. The number of aliphatic hydroxyl groups excluding tert-OH is 3. The lowest BCUT2D eigenvalue weighted by atomic mass is 9.91. The number of carbonyl (C=O) groups is 2. The highest BCUT2D eigenvalue weighted by atomic mass is 16.4. The van der Waals surface area contributed by atoms with Gasteiger partial charge in [0.05, 0.1) is 6.61 Å². The van der Waals surface area contributed by atoms with Gasteiger partial charge in [-0.1, -0.05) is 18.2 Å². The van der Waals surface area contributed by atoms with Crippen molar-refractivity contribution in [2.24, 2.45) is 5.73 Å². The van der Waals surface area contributed by atoms with Gasteiger partial charge < -0.3 is 31.3 Å². The van der Waals surface area contributed by atoms with Gasteiger partial charge in [-0.2, -0.15) is 0 Å². The summed E-state index contributed by atoms with van der Waals surface area (Å²) < 4.78 is 0. The van der Waals surface area contributed by atoms with Crippen LogP contribution in [0.1, 0.15) is 22.6 Å². The molecule has 0 spiro atoms. The van der Waals surface area contributed by atoms with E-state index in [0.29, 0.717) is 6.54 Å². The molecule has 1 rings (SSSR count). The van der Waals surface area contributed by atoms with Crippen LogP contribution >= 0.6 is 0 Å². The molecule has 7 N–H and O–H groups in total. The van der Waals surface area contributed by atoms with E-state index in [-0.39, 0.29) is 12.5 Å². The van der Waals surface area contributed by atoms with Crippen LogP contribution in [0.15, 0.2) is 18.2 Å². The van der Waals surface area contributed by atoms with E-state index >= 15 is 0 Å². The van der Waals surface area contributed by atoms with Crippen molar-refractivity contribution in [1.29, 1.82) is 0 Å². The van der Waals surface area contributed by atoms with Gasteiger partial charge in [-0.15, -0.1) is 0 Å². The summed E-state index contributed by atoms with van der Waals surface area (Å²) in [6, 6.07) is 6.14. The van der Waals surface area contributed by atoms with Crippen molar-refractivity contribution in [3.63, 3.8) is 0 Å². The molecule has 23 heavy (non-hydrogen) atoms. The van der Waals surface area contributed by atoms with Gasteiger partial charge in [0.2, 0.25) is 0 Å². The van der Waals surface area contributed by atoms with Crippen molar-refractivity contribution in [1.82, 2.24) is 0 Å². The van der Waals surface area contributed by atoms with Crippen molar-refractivity contribution in [2.45, 2.75) is 32.0 Å². The molecule has 0 aliphatic carbocycles. The van der Waals surface area contributed by atoms with Crippen LogP contribution in [0.3, 0.4) is 0 Å². The number of carboxylic acid groups (broad SMARTS) is 2. The van der Waals surface area contributed by atoms with Gasteiger partial charge in [-0.25, -0.2) is 9.59 Å². The van der Waals surface area contributed by atoms with Crippen molar-refractivity contribution in [2.75, 3.05) is 13.2 Å². The first-order valence-corrected chi connectivity index (χ1v) is 6.86. The molecule has 0 heterocycles. The summed E-state index contributed by atoms with van der Waals surface area (Å²) in [5, 5.41) is 41.7. The maximum atomic E-state index is 9.77. The molecule has 8 nitrogen and oxygen atoms in total. The minimum Gasteiger partial charge on any atom is -0.479 e. The topological polar surface area (TPSA) is 161 Å². The van der Waals surface area contributed by atoms with E-state index in [1.165, 1.54) is 16.7 Å². The fraction of sp³-hybridized carbons (Fsp3) is 0.467. The molecule has 0 radical (unpaired) electrons. The summed E-state index contributed by atoms with van der Waals surface area (Å²) in [5.74, 6) is -3.45. The molecule has 2 unspecified atom stereocenters. The number of aliphatic hydroxyl groups is 3. The Balaban J connectivity index is 0.000000438. The fourth-order valence-corrected chi connectivity index (χ4v) is 2.03. The van der Waals surface area contributed by atoms with Crippen molar-refractivity contribution in [3.8, 4) is 0 Å². The second-order valence-corrected chi connectivity index (χ2v) is 4.99. The maximum absolute atomic E-state index is 9.77. The van der Waals surface area contributed by atoms with Crippen LogP contribution in [-0.2, 0) is 9.59 Å². The number of rotatable bonds is 6. The Kier molecular flexibility index (Phi) is 9.04. The largest absolute Gasteiger partial charge is 0.479 e. The summed E-state index contributed by atoms with van der Waals surface area (Å²) in [6.07, 6.45) is -4.53. The Morgan fingerprint density at radius 3 is 1.70 bits per heavy atom. The number of benzene rings is 1. The van der Waals surface area contributed by atoms with Gasteiger partial charge in [0.15, 0.2) is 12.2 Å². The van der Waals surface area contributed by atoms with Crippen molar-refractivity contribution >= 4 is 11.9 Å². The Labute approximate surface area is 133 Å². The predicted molar refractivity (Wildman–Crippen MR) is 82.1 cm³/mol. The Bertz CT molecular complexity index is 490. The SMILES string of the molecule is Cc1cccc(C)c1C(CN)CO.O=C(O)C(O)[C@@H](O)C(=O)O. The summed E-state index contributed by atoms with van der Waals surface area (Å²) in [7, 11) is 0. The highest BCUT2D eigenvalue weighted by molar-refractivity contribution is 5.83. The Morgan fingerprint density at radius 2 is 1.43 bits per heavy atom. The molecular formula is C15H23NO7. The second-order valence-electron chi connectivity index (χ2n) is 4.99. The zero-order valence-electron chi connectivity index (χ0n) is 13.0. The van der Waals surface area contributed by atoms with Gasteiger partial charge in [0.1, 0.15) is 0 Å². The molecule has 0 saturated carbocycles. The monoisotopic (exact) mass is 329 g/mol. The standard InChI is InChI=1S/C11H17NO.C4H6O6/c1-8-4-3-5-9(2)11(8)10(6-12)7-13;5-1(3(7)8)2(6)4(9)10/h3-5,10,13H,6-7,12H2,1-2H3;1-2,5-6H,(H,7,8)(H,9,10)/t;1-,2?/m.1/s1. The highest BCUT2D eigenvalue weighted by Gasteiger charge is 2.29. The van der Waals surface area contributed by atoms with Crippen molar-refractivity contribution in [3.05, 3.63) is 34.9 Å². The minimum atomic E-state index is -2.27. The molecule has 1 aromatic rings. The predicted octanol–water partition coefficient (Wildman–Crippen LogP) is -0.785. The third-order valence-electron chi connectivity index (χ3n) is 3.26. The molecule has 0 bridgehead atoms. The van der Waals surface area contributed by atoms with Crippen LogP contribution < -0.4 is 5.73 Å². The molecule has 0 fully saturated rings. The normalized spacial score (nSPS) is 14.2. The molecule has 0 saturated heterocycles. The van der Waals surface area contributed by atoms with E-state index in [4.69, 9.17) is 31.3 Å². The first-order chi connectivity index (χ1) is 10.7. The molecule has 1 aromatic carbocycles. The van der Waals surface area contributed by atoms with E-state index in [2.05, 4.69) is 26.0 Å². The van der Waals surface area contributed by atoms with Gasteiger partial charge in [-0.3, -0.25) is 0 Å². The smallest absolute Gasteiger partial charge is 0.335 e. The number of nitrogens with two attached hydrogens (primary N) is 1. The third-order valence-corrected chi connectivity index (χ3v) is 3.26. The summed E-state index contributed by atoms with van der Waals surface area (Å²) in [4.78, 5) is 19.5. The van der Waals surface area contributed by atoms with Crippen LogP contribution in [0.5, 0.6) is 0 Å². The van der Waals surface area contributed by atoms with E-state index in [1.807, 2.05) is 6.07 Å². The summed E-state index contributed by atoms with van der Waals surface area (Å²) in [6.45, 7) is 4.74. The van der Waals surface area contributed by atoms with Crippen molar-refractivity contribution < 1.29 is 35.1 Å². The van der Waals surface area contributed by atoms with E-state index in [0.717, 1.165) is 0 Å². The zero-order chi connectivity index (χ0) is 18.2. The van der Waals surface area contributed by atoms with Gasteiger partial charge in [-0.05, 0) is 30.5 Å². The average molecular weight is 329 g/mol. The Morgan fingerprint density at radius 1 is 1.04 bits per heavy atom. The lowest BCUT2D eigenvalue weighted by Gasteiger charge is -2.17. The van der Waals surface area contributed by atoms with Gasteiger partial charge in [0, 0.05) is 12.5 Å². The van der Waals surface area contributed by atoms with Crippen LogP contribution in [-0.4, -0.2) is 62.8 Å². The molecule has 8 heteroatoms. The molecule has 0 aromatic heterocycles. The number of hydrogen-bond donors (Lipinski definition) is 6. The van der Waals surface area contributed by atoms with Gasteiger partial charge in [0.25, 0.3) is 0 Å². The van der Waals surface area contributed by atoms with Crippen LogP contribution in [0, 0.1) is 13.8 Å². The number of aliphatic carboxylic acids is 2. The van der Waals surface area contributed by atoms with Crippen LogP contribution in [0.4, 0.5) is 0 Å². The molecule has 0 amide bonds. The Hall–Kier alpha value is -2.00. The zero-order valence-corrected chi connectivity index (χ0v) is 13.0. The average Bonchev–Trinajstić information content (AvgIpc) is 2.50. The fourth-order valence-electron chi connectivity index (χ4n) is 2.03. The molecule has 3 atom stereocenters. The summed E-state index contributed by atoms with van der Waals surface area (Å²) >= 11 is 0. The third kappa shape index (κ3) is 6.33. The molecule has 0 aliphatic heterocycles. The van der Waals surface area contributed by atoms with Crippen LogP contribution in [0.2, 0.25) is 0 Å². The minimum absolute atomic E-state index is 0.0844. The van der Waals surface area contributed by atoms with Gasteiger partial charge >= 0.3 is 11.9 Å². The first kappa shape index (κ1) is 21.0. The summed E-state index contributed by atoms with van der Waals surface area (Å²) in [5.41, 5.74) is 9.22. The maximum Gasteiger partial charge on any atom is 0.335 e.